The second-order valence-corrected chi connectivity index (χ2v) is 7.04. The predicted molar refractivity (Wildman–Crippen MR) is 116 cm³/mol. The number of aromatic amines is 1. The third kappa shape index (κ3) is 5.35. The standard InChI is InChI=1S/C23H29N3O3/c1-4-12-28-20-11-10-17(14-21(20)29-13-5-2)16(3)24-15-22-25-19-9-7-6-8-18(19)23(27)26-22/h6-11,14,16,24H,4-5,12-13,15H2,1-3H3,(H,25,26,27)/t16-/m1/s1. The Morgan fingerprint density at radius 2 is 1.76 bits per heavy atom. The van der Waals surface area contributed by atoms with Gasteiger partial charge in [-0.2, -0.15) is 0 Å². The van der Waals surface area contributed by atoms with Crippen LogP contribution in [0.3, 0.4) is 0 Å². The highest BCUT2D eigenvalue weighted by atomic mass is 16.5. The number of benzene rings is 2. The van der Waals surface area contributed by atoms with Crippen LogP contribution >= 0.6 is 0 Å². The molecule has 6 nitrogen and oxygen atoms in total. The summed E-state index contributed by atoms with van der Waals surface area (Å²) in [6, 6.07) is 13.4. The van der Waals surface area contributed by atoms with Crippen LogP contribution in [-0.2, 0) is 6.54 Å². The second kappa shape index (κ2) is 10.1. The lowest BCUT2D eigenvalue weighted by atomic mass is 10.1. The lowest BCUT2D eigenvalue weighted by Gasteiger charge is -2.18. The van der Waals surface area contributed by atoms with Crippen molar-refractivity contribution in [3.8, 4) is 11.5 Å². The highest BCUT2D eigenvalue weighted by Crippen LogP contribution is 2.31. The summed E-state index contributed by atoms with van der Waals surface area (Å²) in [7, 11) is 0. The first-order valence-electron chi connectivity index (χ1n) is 10.2. The molecule has 1 aromatic heterocycles. The Bertz CT molecular complexity index is 1000. The summed E-state index contributed by atoms with van der Waals surface area (Å²) in [6.07, 6.45) is 1.89. The van der Waals surface area contributed by atoms with Gasteiger partial charge in [0.15, 0.2) is 11.5 Å². The Hall–Kier alpha value is -2.86. The van der Waals surface area contributed by atoms with E-state index in [1.807, 2.05) is 36.4 Å². The molecular formula is C23H29N3O3. The molecule has 29 heavy (non-hydrogen) atoms. The molecule has 0 unspecified atom stereocenters. The van der Waals surface area contributed by atoms with Crippen LogP contribution in [0.2, 0.25) is 0 Å². The van der Waals surface area contributed by atoms with Crippen molar-refractivity contribution in [2.24, 2.45) is 0 Å². The van der Waals surface area contributed by atoms with E-state index in [1.165, 1.54) is 0 Å². The number of nitrogens with one attached hydrogen (secondary N) is 2. The van der Waals surface area contributed by atoms with Crippen LogP contribution in [0.25, 0.3) is 10.9 Å². The molecule has 3 rings (SSSR count). The predicted octanol–water partition coefficient (Wildman–Crippen LogP) is 4.35. The summed E-state index contributed by atoms with van der Waals surface area (Å²) in [5.41, 5.74) is 1.67. The summed E-state index contributed by atoms with van der Waals surface area (Å²) >= 11 is 0. The van der Waals surface area contributed by atoms with E-state index >= 15 is 0 Å². The summed E-state index contributed by atoms with van der Waals surface area (Å²) in [5.74, 6) is 2.16. The van der Waals surface area contributed by atoms with E-state index in [9.17, 15) is 4.79 Å². The molecule has 6 heteroatoms. The van der Waals surface area contributed by atoms with Gasteiger partial charge < -0.3 is 19.8 Å². The van der Waals surface area contributed by atoms with Gasteiger partial charge in [-0.1, -0.05) is 32.0 Å². The quantitative estimate of drug-likeness (QED) is 0.534. The van der Waals surface area contributed by atoms with Crippen LogP contribution < -0.4 is 20.3 Å². The van der Waals surface area contributed by atoms with Crippen LogP contribution in [-0.4, -0.2) is 23.2 Å². The fourth-order valence-electron chi connectivity index (χ4n) is 3.04. The number of aromatic nitrogens is 2. The summed E-state index contributed by atoms with van der Waals surface area (Å²) in [4.78, 5) is 19.6. The van der Waals surface area contributed by atoms with E-state index in [0.29, 0.717) is 36.5 Å². The van der Waals surface area contributed by atoms with Crippen molar-refractivity contribution < 1.29 is 9.47 Å². The first-order chi connectivity index (χ1) is 14.1. The SMILES string of the molecule is CCCOc1ccc([C@@H](C)NCc2nc3ccccc3c(=O)[nH]2)cc1OCCC. The van der Waals surface area contributed by atoms with Crippen LogP contribution in [0.5, 0.6) is 11.5 Å². The van der Waals surface area contributed by atoms with Gasteiger partial charge in [0.2, 0.25) is 0 Å². The van der Waals surface area contributed by atoms with Gasteiger partial charge in [0, 0.05) is 6.04 Å². The Labute approximate surface area is 171 Å². The van der Waals surface area contributed by atoms with E-state index in [0.717, 1.165) is 29.9 Å². The highest BCUT2D eigenvalue weighted by Gasteiger charge is 2.12. The van der Waals surface area contributed by atoms with Gasteiger partial charge in [0.05, 0.1) is 30.7 Å². The minimum absolute atomic E-state index is 0.0518. The lowest BCUT2D eigenvalue weighted by Crippen LogP contribution is -2.22. The van der Waals surface area contributed by atoms with Crippen molar-refractivity contribution in [1.82, 2.24) is 15.3 Å². The third-order valence-electron chi connectivity index (χ3n) is 4.63. The van der Waals surface area contributed by atoms with Crippen molar-refractivity contribution in [3.63, 3.8) is 0 Å². The molecule has 0 amide bonds. The topological polar surface area (TPSA) is 76.2 Å². The van der Waals surface area contributed by atoms with Gasteiger partial charge in [-0.3, -0.25) is 4.79 Å². The Morgan fingerprint density at radius 1 is 1.03 bits per heavy atom. The molecule has 0 radical (unpaired) electrons. The third-order valence-corrected chi connectivity index (χ3v) is 4.63. The van der Waals surface area contributed by atoms with Gasteiger partial charge in [-0.15, -0.1) is 0 Å². The number of para-hydroxylation sites is 1. The van der Waals surface area contributed by atoms with Crippen molar-refractivity contribution >= 4 is 10.9 Å². The van der Waals surface area contributed by atoms with E-state index < -0.39 is 0 Å². The van der Waals surface area contributed by atoms with Gasteiger partial charge in [-0.05, 0) is 49.6 Å². The molecule has 0 aliphatic heterocycles. The molecule has 0 aliphatic rings. The molecule has 0 fully saturated rings. The summed E-state index contributed by atoms with van der Waals surface area (Å²) in [6.45, 7) is 8.01. The molecule has 0 bridgehead atoms. The molecule has 2 aromatic carbocycles. The molecule has 2 N–H and O–H groups in total. The number of fused-ring (bicyclic) bond motifs is 1. The van der Waals surface area contributed by atoms with E-state index in [-0.39, 0.29) is 11.6 Å². The maximum atomic E-state index is 12.2. The fourth-order valence-corrected chi connectivity index (χ4v) is 3.04. The first kappa shape index (κ1) is 20.9. The van der Waals surface area contributed by atoms with Gasteiger partial charge in [0.25, 0.3) is 5.56 Å². The van der Waals surface area contributed by atoms with E-state index in [4.69, 9.17) is 9.47 Å². The fraction of sp³-hybridized carbons (Fsp3) is 0.391. The van der Waals surface area contributed by atoms with Crippen molar-refractivity contribution in [3.05, 3.63) is 64.2 Å². The zero-order valence-corrected chi connectivity index (χ0v) is 17.3. The molecule has 0 saturated heterocycles. The number of H-pyrrole nitrogens is 1. The zero-order chi connectivity index (χ0) is 20.6. The molecule has 1 heterocycles. The lowest BCUT2D eigenvalue weighted by molar-refractivity contribution is 0.268. The van der Waals surface area contributed by atoms with Crippen molar-refractivity contribution in [2.75, 3.05) is 13.2 Å². The number of hydrogen-bond donors (Lipinski definition) is 2. The number of hydrogen-bond acceptors (Lipinski definition) is 5. The molecule has 3 aromatic rings. The number of rotatable bonds is 10. The Balaban J connectivity index is 1.72. The number of nitrogens with zero attached hydrogens (tertiary/aromatic N) is 1. The average Bonchev–Trinajstić information content (AvgIpc) is 2.75. The van der Waals surface area contributed by atoms with Crippen molar-refractivity contribution in [2.45, 2.75) is 46.2 Å². The molecule has 0 saturated carbocycles. The van der Waals surface area contributed by atoms with Gasteiger partial charge in [0.1, 0.15) is 5.82 Å². The Kier molecular flexibility index (Phi) is 7.25. The molecule has 0 aliphatic carbocycles. The summed E-state index contributed by atoms with van der Waals surface area (Å²) in [5, 5.41) is 4.03. The largest absolute Gasteiger partial charge is 0.490 e. The number of ether oxygens (including phenoxy) is 2. The molecular weight excluding hydrogens is 366 g/mol. The van der Waals surface area contributed by atoms with E-state index in [2.05, 4.69) is 36.1 Å². The minimum Gasteiger partial charge on any atom is -0.490 e. The average molecular weight is 396 g/mol. The van der Waals surface area contributed by atoms with E-state index in [1.54, 1.807) is 6.07 Å². The summed E-state index contributed by atoms with van der Waals surface area (Å²) < 4.78 is 11.7. The molecule has 0 spiro atoms. The zero-order valence-electron chi connectivity index (χ0n) is 17.3. The smallest absolute Gasteiger partial charge is 0.258 e. The molecule has 154 valence electrons. The van der Waals surface area contributed by atoms with Crippen LogP contribution in [0, 0.1) is 0 Å². The molecule has 1 atom stereocenters. The normalized spacial score (nSPS) is 12.1. The maximum absolute atomic E-state index is 12.2. The van der Waals surface area contributed by atoms with Crippen LogP contribution in [0.4, 0.5) is 0 Å². The Morgan fingerprint density at radius 3 is 2.52 bits per heavy atom. The van der Waals surface area contributed by atoms with Crippen LogP contribution in [0.1, 0.15) is 51.0 Å². The maximum Gasteiger partial charge on any atom is 0.258 e. The monoisotopic (exact) mass is 395 g/mol. The van der Waals surface area contributed by atoms with Crippen LogP contribution in [0.15, 0.2) is 47.3 Å². The minimum atomic E-state index is -0.118. The second-order valence-electron chi connectivity index (χ2n) is 7.04. The van der Waals surface area contributed by atoms with Crippen molar-refractivity contribution in [1.29, 1.82) is 0 Å². The van der Waals surface area contributed by atoms with Gasteiger partial charge in [-0.25, -0.2) is 4.98 Å². The highest BCUT2D eigenvalue weighted by molar-refractivity contribution is 5.77. The first-order valence-corrected chi connectivity index (χ1v) is 10.2. The van der Waals surface area contributed by atoms with Gasteiger partial charge >= 0.3 is 0 Å².